The first kappa shape index (κ1) is 53.8. The van der Waals surface area contributed by atoms with E-state index in [1.807, 2.05) is 19.1 Å². The topological polar surface area (TPSA) is 148 Å². The molecule has 9 nitrogen and oxygen atoms in total. The van der Waals surface area contributed by atoms with Crippen LogP contribution in [0.3, 0.4) is 0 Å². The number of rotatable bonds is 10. The van der Waals surface area contributed by atoms with Gasteiger partial charge in [0.05, 0.1) is 5.41 Å². The first-order chi connectivity index (χ1) is 36.0. The van der Waals surface area contributed by atoms with Crippen molar-refractivity contribution in [3.05, 3.63) is 217 Å². The lowest BCUT2D eigenvalue weighted by molar-refractivity contribution is -2.00. The third kappa shape index (κ3) is 10.3. The van der Waals surface area contributed by atoms with Crippen LogP contribution in [0.4, 0.5) is 11.4 Å². The fourth-order valence-corrected chi connectivity index (χ4v) is 12.3. The van der Waals surface area contributed by atoms with Crippen LogP contribution in [0.15, 0.2) is 156 Å². The lowest BCUT2D eigenvalue weighted by Gasteiger charge is -2.26. The van der Waals surface area contributed by atoms with Crippen molar-refractivity contribution in [1.82, 2.24) is 0 Å². The van der Waals surface area contributed by atoms with E-state index in [1.165, 1.54) is 83.3 Å². The second-order valence-corrected chi connectivity index (χ2v) is 22.6. The van der Waals surface area contributed by atoms with E-state index in [0.717, 1.165) is 70.6 Å². The molecule has 0 bridgehead atoms. The molecule has 0 spiro atoms. The highest BCUT2D eigenvalue weighted by Crippen LogP contribution is 2.50. The van der Waals surface area contributed by atoms with Crippen molar-refractivity contribution in [1.29, 1.82) is 0 Å². The summed E-state index contributed by atoms with van der Waals surface area (Å²) >= 11 is 0. The molecule has 10 rings (SSSR count). The van der Waals surface area contributed by atoms with Gasteiger partial charge in [0.1, 0.15) is 30.1 Å². The van der Waals surface area contributed by atoms with E-state index in [4.69, 9.17) is 23.4 Å². The predicted octanol–water partition coefficient (Wildman–Crippen LogP) is 10.9. The molecule has 7 aromatic rings. The zero-order chi connectivity index (χ0) is 54.6. The van der Waals surface area contributed by atoms with Gasteiger partial charge in [-0.2, -0.15) is 4.58 Å². The van der Waals surface area contributed by atoms with Crippen LogP contribution in [0.25, 0.3) is 21.5 Å². The first-order valence-corrected chi connectivity index (χ1v) is 27.4. The van der Waals surface area contributed by atoms with Gasteiger partial charge in [-0.05, 0) is 211 Å². The minimum absolute atomic E-state index is 0.215. The van der Waals surface area contributed by atoms with Crippen LogP contribution in [0, 0.1) is 37.9 Å². The molecule has 392 valence electrons. The van der Waals surface area contributed by atoms with E-state index in [-0.39, 0.29) is 22.3 Å². The summed E-state index contributed by atoms with van der Waals surface area (Å²) in [5.74, 6) is 2.30. The standard InChI is InChI=1S/C66H68N2O3.ClHO4/c1-12-44-37-53(38-50(42(44)4)35-49-26-31-59(70)56(43(49)5)39-51-36-52(69)34-40(2)41(51)3)71-64-47(27-32-60-65(6,7)62-54-22-15-13-18-45(54)24-29-57(62)67(60)10)20-17-21-48(64)28-33-61-66(8,9)63-55-23-16-14-19-46(55)25-30-58(63)68(61)11;2-1(3,4)5/h13-16,18-19,22-34,36-38H,12,17,20-21,35,39H2,1-11H3,(H-,69,70);(H,2,3,4,5). The summed E-state index contributed by atoms with van der Waals surface area (Å²) in [4.78, 5) is 2.38. The van der Waals surface area contributed by atoms with Gasteiger partial charge in [-0.25, -0.2) is 18.6 Å². The molecule has 0 saturated carbocycles. The SMILES string of the molecule is CCc1cc(OC2=C(/C=C/C3=[N+](C)c4ccc5ccccc5c4C3(C)C)CCC/C2=C\C=C2\N(C)c3ccc4ccccc4c3C2(C)C)cc(Cc2ccc(O)c(Cc3cc(O)cc(C)c3C)c2C)c1C.[O-][Cl+3]([O-])([O-])[O-]. The monoisotopic (exact) mass is 1040 g/mol. The van der Waals surface area contributed by atoms with Crippen molar-refractivity contribution in [2.24, 2.45) is 0 Å². The Morgan fingerprint density at radius 1 is 0.671 bits per heavy atom. The molecule has 2 N–H and O–H groups in total. The number of hydrogen-bond donors (Lipinski definition) is 2. The van der Waals surface area contributed by atoms with Crippen LogP contribution >= 0.6 is 0 Å². The molecule has 0 amide bonds. The molecular formula is C66H69ClN2O7. The number of halogens is 1. The Morgan fingerprint density at radius 2 is 1.30 bits per heavy atom. The average Bonchev–Trinajstić information content (AvgIpc) is 3.78. The number of aryl methyl sites for hydroxylation is 2. The van der Waals surface area contributed by atoms with Crippen molar-refractivity contribution >= 4 is 38.6 Å². The maximum atomic E-state index is 11.3. The lowest BCUT2D eigenvalue weighted by Crippen LogP contribution is -2.68. The number of benzene rings is 7. The number of ether oxygens (including phenoxy) is 1. The summed E-state index contributed by atoms with van der Waals surface area (Å²) in [6.45, 7) is 20.1. The van der Waals surface area contributed by atoms with E-state index < -0.39 is 10.2 Å². The Kier molecular flexibility index (Phi) is 14.8. The fraction of sp³-hybridized carbons (Fsp3) is 0.288. The summed E-state index contributed by atoms with van der Waals surface area (Å²) in [7, 11) is -0.527. The second-order valence-electron chi connectivity index (χ2n) is 21.8. The number of hydrogen-bond acceptors (Lipinski definition) is 8. The molecule has 0 aromatic heterocycles. The van der Waals surface area contributed by atoms with Gasteiger partial charge in [-0.3, -0.25) is 0 Å². The number of phenolic OH excluding ortho intramolecular Hbond substituents is 2. The Bertz CT molecular complexity index is 3620. The van der Waals surface area contributed by atoms with Crippen LogP contribution in [0.2, 0.25) is 0 Å². The molecule has 3 aliphatic rings. The minimum Gasteiger partial charge on any atom is -0.508 e. The summed E-state index contributed by atoms with van der Waals surface area (Å²) in [5, 5.41) is 26.9. The highest BCUT2D eigenvalue weighted by Gasteiger charge is 2.44. The highest BCUT2D eigenvalue weighted by molar-refractivity contribution is 6.07. The van der Waals surface area contributed by atoms with E-state index in [9.17, 15) is 10.2 Å². The van der Waals surface area contributed by atoms with Gasteiger partial charge in [0, 0.05) is 53.5 Å². The quantitative estimate of drug-likeness (QED) is 0.129. The van der Waals surface area contributed by atoms with Gasteiger partial charge in [0.15, 0.2) is 5.71 Å². The van der Waals surface area contributed by atoms with E-state index in [0.29, 0.717) is 12.8 Å². The van der Waals surface area contributed by atoms with Gasteiger partial charge < -0.3 is 19.8 Å². The molecule has 2 aliphatic heterocycles. The maximum Gasteiger partial charge on any atom is 0.210 e. The van der Waals surface area contributed by atoms with Crippen molar-refractivity contribution in [2.75, 3.05) is 19.0 Å². The third-order valence-corrected chi connectivity index (χ3v) is 16.5. The minimum atomic E-state index is -4.94. The molecule has 76 heavy (non-hydrogen) atoms. The molecule has 0 atom stereocenters. The van der Waals surface area contributed by atoms with Crippen molar-refractivity contribution in [3.63, 3.8) is 0 Å². The Morgan fingerprint density at radius 3 is 1.99 bits per heavy atom. The van der Waals surface area contributed by atoms with Crippen LogP contribution in [0.5, 0.6) is 17.2 Å². The number of aromatic hydroxyl groups is 2. The number of phenols is 2. The lowest BCUT2D eigenvalue weighted by atomic mass is 9.78. The smallest absolute Gasteiger partial charge is 0.210 e. The normalized spacial score (nSPS) is 17.1. The van der Waals surface area contributed by atoms with Crippen molar-refractivity contribution < 1.29 is 48.4 Å². The van der Waals surface area contributed by atoms with Crippen LogP contribution in [-0.2, 0) is 30.1 Å². The predicted molar refractivity (Wildman–Crippen MR) is 297 cm³/mol. The second kappa shape index (κ2) is 20.9. The molecule has 0 radical (unpaired) electrons. The number of nitrogens with zero attached hydrogens (tertiary/aromatic N) is 2. The molecule has 0 saturated heterocycles. The van der Waals surface area contributed by atoms with Crippen LogP contribution in [-0.4, -0.2) is 34.6 Å². The number of allylic oxidation sites excluding steroid dienone is 7. The molecule has 2 heterocycles. The number of anilines is 1. The van der Waals surface area contributed by atoms with Crippen LogP contribution in [0.1, 0.15) is 115 Å². The zero-order valence-corrected chi connectivity index (χ0v) is 46.4. The molecule has 7 aromatic carbocycles. The third-order valence-electron chi connectivity index (χ3n) is 16.5. The number of fused-ring (bicyclic) bond motifs is 6. The summed E-state index contributed by atoms with van der Waals surface area (Å²) in [6.07, 6.45) is 14.3. The average molecular weight is 1040 g/mol. The fourth-order valence-electron chi connectivity index (χ4n) is 12.3. The summed E-state index contributed by atoms with van der Waals surface area (Å²) in [5.41, 5.74) is 19.8. The summed E-state index contributed by atoms with van der Waals surface area (Å²) in [6, 6.07) is 38.6. The van der Waals surface area contributed by atoms with Gasteiger partial charge >= 0.3 is 0 Å². The Hall–Kier alpha value is -6.98. The Balaban J connectivity index is 0.00000135. The number of likely N-dealkylation sites (N-methyl/N-ethyl adjacent to an activating group) is 1. The van der Waals surface area contributed by atoms with Gasteiger partial charge in [-0.1, -0.05) is 87.5 Å². The maximum absolute atomic E-state index is 11.3. The van der Waals surface area contributed by atoms with Gasteiger partial charge in [-0.15, -0.1) is 10.2 Å². The molecule has 0 unspecified atom stereocenters. The molecule has 1 aliphatic carbocycles. The summed E-state index contributed by atoms with van der Waals surface area (Å²) < 4.78 is 43.8. The van der Waals surface area contributed by atoms with E-state index in [2.05, 4.69) is 194 Å². The first-order valence-electron chi connectivity index (χ1n) is 26.2. The Labute approximate surface area is 450 Å². The van der Waals surface area contributed by atoms with Crippen LogP contribution < -0.4 is 28.3 Å². The van der Waals surface area contributed by atoms with Crippen molar-refractivity contribution in [2.45, 2.75) is 112 Å². The molecule has 10 heteroatoms. The zero-order valence-electron chi connectivity index (χ0n) is 45.7. The highest BCUT2D eigenvalue weighted by atomic mass is 35.7. The van der Waals surface area contributed by atoms with Gasteiger partial charge in [0.2, 0.25) is 5.69 Å². The largest absolute Gasteiger partial charge is 0.508 e. The van der Waals surface area contributed by atoms with E-state index in [1.54, 1.807) is 6.07 Å². The van der Waals surface area contributed by atoms with E-state index >= 15 is 0 Å². The molecule has 0 fully saturated rings. The van der Waals surface area contributed by atoms with Gasteiger partial charge in [0.25, 0.3) is 0 Å². The van der Waals surface area contributed by atoms with Crippen molar-refractivity contribution in [3.8, 4) is 17.2 Å². The molecular weight excluding hydrogens is 968 g/mol.